The zero-order valence-corrected chi connectivity index (χ0v) is 18.4. The number of carboxylic acid groups (broad SMARTS) is 1. The molecule has 2 aromatic rings. The number of nitrogens with one attached hydrogen (secondary N) is 1. The maximum absolute atomic E-state index is 12.3. The first-order valence-electron chi connectivity index (χ1n) is 10.5. The molecular formula is C24H24F3NO6. The van der Waals surface area contributed by atoms with Crippen molar-refractivity contribution in [1.82, 2.24) is 5.32 Å². The first kappa shape index (κ1) is 24.9. The van der Waals surface area contributed by atoms with Gasteiger partial charge < -0.3 is 24.6 Å². The van der Waals surface area contributed by atoms with Crippen LogP contribution in [0.3, 0.4) is 0 Å². The quantitative estimate of drug-likeness (QED) is 0.507. The first-order chi connectivity index (χ1) is 16.1. The Morgan fingerprint density at radius 1 is 1.09 bits per heavy atom. The highest BCUT2D eigenvalue weighted by atomic mass is 19.4. The predicted octanol–water partition coefficient (Wildman–Crippen LogP) is 4.70. The lowest BCUT2D eigenvalue weighted by atomic mass is 9.98. The van der Waals surface area contributed by atoms with Crippen molar-refractivity contribution in [3.8, 4) is 17.2 Å². The number of carbonyl (C=O) groups is 2. The Hall–Kier alpha value is -3.69. The molecule has 2 aromatic carbocycles. The lowest BCUT2D eigenvalue weighted by molar-refractivity contribution is -0.274. The van der Waals surface area contributed by atoms with E-state index in [2.05, 4.69) is 10.1 Å². The van der Waals surface area contributed by atoms with Crippen LogP contribution in [-0.4, -0.2) is 36.0 Å². The average Bonchev–Trinajstić information content (AvgIpc) is 3.26. The smallest absolute Gasteiger partial charge is 0.493 e. The Bertz CT molecular complexity index is 1040. The molecule has 182 valence electrons. The second kappa shape index (κ2) is 10.5. The topological polar surface area (TPSA) is 94.1 Å². The number of alkyl halides is 3. The van der Waals surface area contributed by atoms with Crippen LogP contribution in [0.1, 0.15) is 36.8 Å². The number of ether oxygens (including phenoxy) is 3. The highest BCUT2D eigenvalue weighted by Crippen LogP contribution is 2.31. The van der Waals surface area contributed by atoms with Crippen molar-refractivity contribution in [1.29, 1.82) is 0 Å². The van der Waals surface area contributed by atoms with Crippen molar-refractivity contribution < 1.29 is 42.1 Å². The number of amides is 1. The van der Waals surface area contributed by atoms with Gasteiger partial charge in [0.25, 0.3) is 0 Å². The van der Waals surface area contributed by atoms with Gasteiger partial charge in [0.15, 0.2) is 11.5 Å². The number of hydrogen-bond donors (Lipinski definition) is 2. The summed E-state index contributed by atoms with van der Waals surface area (Å²) < 4.78 is 51.6. The standard InChI is InChI=1S/C24H24F3NO6/c1-32-20-14-16(7-11-21(29)28-23(22(30)31)12-2-3-13-23)6-10-19(20)33-15-17-4-8-18(9-5-17)34-24(25,26)27/h4-11,14H,2-3,12-13,15H2,1H3,(H,28,29)(H,30,31). The van der Waals surface area contributed by atoms with Crippen LogP contribution >= 0.6 is 0 Å². The average molecular weight is 479 g/mol. The van der Waals surface area contributed by atoms with E-state index in [9.17, 15) is 27.9 Å². The number of carbonyl (C=O) groups excluding carboxylic acids is 1. The Labute approximate surface area is 194 Å². The number of carboxylic acids is 1. The number of hydrogen-bond acceptors (Lipinski definition) is 5. The zero-order valence-electron chi connectivity index (χ0n) is 18.4. The highest BCUT2D eigenvalue weighted by Gasteiger charge is 2.42. The fraction of sp³-hybridized carbons (Fsp3) is 0.333. The van der Waals surface area contributed by atoms with Gasteiger partial charge in [-0.05, 0) is 54.3 Å². The third kappa shape index (κ3) is 6.66. The van der Waals surface area contributed by atoms with Crippen LogP contribution in [0.5, 0.6) is 17.2 Å². The third-order valence-electron chi connectivity index (χ3n) is 5.40. The van der Waals surface area contributed by atoms with Gasteiger partial charge in [-0.15, -0.1) is 13.2 Å². The molecule has 1 aliphatic rings. The van der Waals surface area contributed by atoms with E-state index in [1.54, 1.807) is 18.2 Å². The fourth-order valence-corrected chi connectivity index (χ4v) is 3.68. The molecule has 1 aliphatic carbocycles. The van der Waals surface area contributed by atoms with Gasteiger partial charge in [0, 0.05) is 6.08 Å². The normalized spacial score (nSPS) is 15.2. The summed E-state index contributed by atoms with van der Waals surface area (Å²) >= 11 is 0. The van der Waals surface area contributed by atoms with Crippen molar-refractivity contribution in [3.63, 3.8) is 0 Å². The molecule has 1 saturated carbocycles. The van der Waals surface area contributed by atoms with E-state index >= 15 is 0 Å². The lowest BCUT2D eigenvalue weighted by Gasteiger charge is -2.24. The van der Waals surface area contributed by atoms with Gasteiger partial charge in [-0.25, -0.2) is 4.79 Å². The number of aliphatic carboxylic acids is 1. The van der Waals surface area contributed by atoms with E-state index in [4.69, 9.17) is 9.47 Å². The molecule has 1 amide bonds. The molecule has 0 spiro atoms. The molecule has 7 nitrogen and oxygen atoms in total. The minimum atomic E-state index is -4.75. The number of halogens is 3. The molecule has 10 heteroatoms. The largest absolute Gasteiger partial charge is 0.573 e. The summed E-state index contributed by atoms with van der Waals surface area (Å²) in [7, 11) is 1.45. The molecule has 0 aliphatic heterocycles. The van der Waals surface area contributed by atoms with Crippen LogP contribution in [0.2, 0.25) is 0 Å². The molecule has 0 aromatic heterocycles. The van der Waals surface area contributed by atoms with Crippen LogP contribution in [-0.2, 0) is 16.2 Å². The van der Waals surface area contributed by atoms with Crippen molar-refractivity contribution in [2.75, 3.05) is 7.11 Å². The molecule has 1 fully saturated rings. The van der Waals surface area contributed by atoms with Gasteiger partial charge in [0.1, 0.15) is 17.9 Å². The Kier molecular flexibility index (Phi) is 7.70. The summed E-state index contributed by atoms with van der Waals surface area (Å²) in [6, 6.07) is 10.3. The van der Waals surface area contributed by atoms with Crippen molar-refractivity contribution in [2.24, 2.45) is 0 Å². The summed E-state index contributed by atoms with van der Waals surface area (Å²) in [5, 5.41) is 12.1. The van der Waals surface area contributed by atoms with Gasteiger partial charge in [0.2, 0.25) is 5.91 Å². The Morgan fingerprint density at radius 2 is 1.76 bits per heavy atom. The summed E-state index contributed by atoms with van der Waals surface area (Å²) in [4.78, 5) is 23.8. The summed E-state index contributed by atoms with van der Waals surface area (Å²) in [5.74, 6) is -1.07. The minimum Gasteiger partial charge on any atom is -0.493 e. The fourth-order valence-electron chi connectivity index (χ4n) is 3.68. The van der Waals surface area contributed by atoms with Crippen LogP contribution in [0.25, 0.3) is 6.08 Å². The first-order valence-corrected chi connectivity index (χ1v) is 10.5. The van der Waals surface area contributed by atoms with Gasteiger partial charge in [-0.1, -0.05) is 31.0 Å². The SMILES string of the molecule is COc1cc(C=CC(=O)NC2(C(=O)O)CCCC2)ccc1OCc1ccc(OC(F)(F)F)cc1. The Balaban J connectivity index is 1.60. The Morgan fingerprint density at radius 3 is 2.35 bits per heavy atom. The molecule has 0 atom stereocenters. The lowest BCUT2D eigenvalue weighted by Crippen LogP contribution is -2.52. The van der Waals surface area contributed by atoms with E-state index in [1.165, 1.54) is 43.5 Å². The third-order valence-corrected chi connectivity index (χ3v) is 5.40. The molecule has 0 bridgehead atoms. The number of benzene rings is 2. The minimum absolute atomic E-state index is 0.0809. The second-order valence-corrected chi connectivity index (χ2v) is 7.81. The van der Waals surface area contributed by atoms with E-state index in [0.29, 0.717) is 35.5 Å². The van der Waals surface area contributed by atoms with Crippen molar-refractivity contribution in [2.45, 2.75) is 44.2 Å². The summed E-state index contributed by atoms with van der Waals surface area (Å²) in [6.07, 6.45) is 0.353. The second-order valence-electron chi connectivity index (χ2n) is 7.81. The highest BCUT2D eigenvalue weighted by molar-refractivity contribution is 5.96. The van der Waals surface area contributed by atoms with Gasteiger partial charge in [0.05, 0.1) is 7.11 Å². The predicted molar refractivity (Wildman–Crippen MR) is 116 cm³/mol. The number of methoxy groups -OCH3 is 1. The summed E-state index contributed by atoms with van der Waals surface area (Å²) in [6.45, 7) is 0.0809. The maximum atomic E-state index is 12.3. The van der Waals surface area contributed by atoms with Crippen LogP contribution < -0.4 is 19.5 Å². The molecule has 0 saturated heterocycles. The van der Waals surface area contributed by atoms with Crippen molar-refractivity contribution >= 4 is 18.0 Å². The molecule has 3 rings (SSSR count). The van der Waals surface area contributed by atoms with E-state index < -0.39 is 23.8 Å². The number of rotatable bonds is 9. The maximum Gasteiger partial charge on any atom is 0.573 e. The van der Waals surface area contributed by atoms with Crippen LogP contribution in [0.15, 0.2) is 48.5 Å². The van der Waals surface area contributed by atoms with Gasteiger partial charge >= 0.3 is 12.3 Å². The van der Waals surface area contributed by atoms with E-state index in [1.807, 2.05) is 0 Å². The molecular weight excluding hydrogens is 455 g/mol. The molecule has 2 N–H and O–H groups in total. The van der Waals surface area contributed by atoms with Crippen LogP contribution in [0.4, 0.5) is 13.2 Å². The summed E-state index contributed by atoms with van der Waals surface area (Å²) in [5.41, 5.74) is 0.0359. The van der Waals surface area contributed by atoms with Crippen LogP contribution in [0, 0.1) is 0 Å². The van der Waals surface area contributed by atoms with E-state index in [0.717, 1.165) is 12.8 Å². The van der Waals surface area contributed by atoms with E-state index in [-0.39, 0.29) is 12.4 Å². The van der Waals surface area contributed by atoms with Crippen molar-refractivity contribution in [3.05, 3.63) is 59.7 Å². The van der Waals surface area contributed by atoms with Gasteiger partial charge in [-0.3, -0.25) is 4.79 Å². The molecule has 0 unspecified atom stereocenters. The van der Waals surface area contributed by atoms with Gasteiger partial charge in [-0.2, -0.15) is 0 Å². The monoisotopic (exact) mass is 479 g/mol. The molecule has 0 heterocycles. The molecule has 0 radical (unpaired) electrons. The zero-order chi connectivity index (χ0) is 24.8. The molecule has 34 heavy (non-hydrogen) atoms.